The lowest BCUT2D eigenvalue weighted by Gasteiger charge is -2.20. The fraction of sp³-hybridized carbons (Fsp3) is 0.200. The normalized spacial score (nSPS) is 22.1. The van der Waals surface area contributed by atoms with E-state index < -0.39 is 58.9 Å². The summed E-state index contributed by atoms with van der Waals surface area (Å²) in [7, 11) is 0. The van der Waals surface area contributed by atoms with Crippen molar-refractivity contribution in [3.05, 3.63) is 46.1 Å². The van der Waals surface area contributed by atoms with Gasteiger partial charge in [-0.2, -0.15) is 0 Å². The Labute approximate surface area is 86.2 Å². The first-order valence-corrected chi connectivity index (χ1v) is 4.30. The van der Waals surface area contributed by atoms with Gasteiger partial charge in [-0.3, -0.25) is 0 Å². The Balaban J connectivity index is 2.68. The minimum absolute atomic E-state index is 1.13. The molecule has 0 atom stereocenters. The molecule has 0 heterocycles. The Morgan fingerprint density at radius 2 is 0.812 bits per heavy atom. The van der Waals surface area contributed by atoms with Gasteiger partial charge in [0.05, 0.1) is 24.0 Å². The van der Waals surface area contributed by atoms with Crippen LogP contribution in [-0.2, 0) is 0 Å². The van der Waals surface area contributed by atoms with Gasteiger partial charge in [0.15, 0.2) is 11.7 Å². The van der Waals surface area contributed by atoms with E-state index in [9.17, 15) is 26.3 Å². The van der Waals surface area contributed by atoms with Crippen molar-refractivity contribution in [2.45, 2.75) is 12.8 Å². The minimum atomic E-state index is -1.67. The number of fused-ring (bicyclic) bond motifs is 1. The van der Waals surface area contributed by atoms with Crippen LogP contribution < -0.4 is 0 Å². The van der Waals surface area contributed by atoms with Gasteiger partial charge in [-0.25, -0.2) is 26.3 Å². The van der Waals surface area contributed by atoms with E-state index in [0.717, 1.165) is 0 Å². The van der Waals surface area contributed by atoms with E-state index in [2.05, 4.69) is 0 Å². The molecular weight excluding hydrogens is 234 g/mol. The summed E-state index contributed by atoms with van der Waals surface area (Å²) in [6.45, 7) is 0. The highest BCUT2D eigenvalue weighted by Crippen LogP contribution is 2.47. The average Bonchev–Trinajstić information content (AvgIpc) is 2.20. The number of rotatable bonds is 0. The van der Waals surface area contributed by atoms with E-state index in [1.807, 2.05) is 0 Å². The molecule has 0 bridgehead atoms. The fourth-order valence-corrected chi connectivity index (χ4v) is 1.60. The van der Waals surface area contributed by atoms with E-state index in [1.165, 1.54) is 0 Å². The molecule has 0 aromatic rings. The van der Waals surface area contributed by atoms with Crippen molar-refractivity contribution in [2.75, 3.05) is 0 Å². The predicted octanol–water partition coefficient (Wildman–Crippen LogP) is 4.54. The van der Waals surface area contributed by atoms with Crippen LogP contribution in [0.4, 0.5) is 26.3 Å². The Kier molecular flexibility index (Phi) is 2.44. The van der Waals surface area contributed by atoms with Crippen LogP contribution >= 0.6 is 0 Å². The van der Waals surface area contributed by atoms with E-state index in [4.69, 9.17) is 0 Å². The second-order valence-corrected chi connectivity index (χ2v) is 3.35. The highest BCUT2D eigenvalue weighted by molar-refractivity contribution is 5.61. The SMILES string of the molecule is FC1=C(F)C2=C(F)CC(F)=C(F)C2=C(F)C1. The lowest BCUT2D eigenvalue weighted by Crippen LogP contribution is -2.10. The van der Waals surface area contributed by atoms with Gasteiger partial charge in [0, 0.05) is 0 Å². The molecule has 0 spiro atoms. The lowest BCUT2D eigenvalue weighted by molar-refractivity contribution is 0.437. The van der Waals surface area contributed by atoms with Crippen LogP contribution in [0.15, 0.2) is 46.1 Å². The molecule has 0 amide bonds. The second kappa shape index (κ2) is 3.54. The van der Waals surface area contributed by atoms with Crippen molar-refractivity contribution in [1.82, 2.24) is 0 Å². The van der Waals surface area contributed by atoms with Crippen LogP contribution in [-0.4, -0.2) is 0 Å². The van der Waals surface area contributed by atoms with Crippen molar-refractivity contribution < 1.29 is 26.3 Å². The molecule has 0 nitrogen and oxygen atoms in total. The maximum atomic E-state index is 13.1. The summed E-state index contributed by atoms with van der Waals surface area (Å²) >= 11 is 0. The molecular formula is C10H4F6. The number of hydrogen-bond acceptors (Lipinski definition) is 0. The zero-order valence-electron chi connectivity index (χ0n) is 7.68. The molecule has 16 heavy (non-hydrogen) atoms. The molecule has 86 valence electrons. The standard InChI is InChI=1S/C10H4F6/c11-3-1-5(13)9(15)8-4(12)2-6(14)10(16)7(3)8/h1-2H2. The van der Waals surface area contributed by atoms with Gasteiger partial charge in [0.25, 0.3) is 0 Å². The van der Waals surface area contributed by atoms with Crippen molar-refractivity contribution >= 4 is 0 Å². The summed E-state index contributed by atoms with van der Waals surface area (Å²) < 4.78 is 78.1. The van der Waals surface area contributed by atoms with Crippen molar-refractivity contribution in [1.29, 1.82) is 0 Å². The summed E-state index contributed by atoms with van der Waals surface area (Å²) in [5.74, 6) is -9.23. The Bertz CT molecular complexity index is 445. The van der Waals surface area contributed by atoms with Gasteiger partial charge >= 0.3 is 0 Å². The highest BCUT2D eigenvalue weighted by Gasteiger charge is 2.36. The third-order valence-electron chi connectivity index (χ3n) is 2.33. The maximum absolute atomic E-state index is 13.1. The topological polar surface area (TPSA) is 0 Å². The van der Waals surface area contributed by atoms with E-state index in [-0.39, 0.29) is 0 Å². The number of halogens is 6. The number of hydrogen-bond donors (Lipinski definition) is 0. The zero-order chi connectivity index (χ0) is 12.0. The van der Waals surface area contributed by atoms with Crippen LogP contribution in [0.5, 0.6) is 0 Å². The van der Waals surface area contributed by atoms with Crippen molar-refractivity contribution in [3.8, 4) is 0 Å². The van der Waals surface area contributed by atoms with Gasteiger partial charge in [-0.05, 0) is 0 Å². The summed E-state index contributed by atoms with van der Waals surface area (Å²) in [6, 6.07) is 0. The Morgan fingerprint density at radius 1 is 0.500 bits per heavy atom. The zero-order valence-corrected chi connectivity index (χ0v) is 7.68. The Hall–Kier alpha value is -1.46. The van der Waals surface area contributed by atoms with Gasteiger partial charge < -0.3 is 0 Å². The molecule has 2 aliphatic rings. The predicted molar refractivity (Wildman–Crippen MR) is 44.0 cm³/mol. The fourth-order valence-electron chi connectivity index (χ4n) is 1.60. The van der Waals surface area contributed by atoms with Gasteiger partial charge in [0.1, 0.15) is 23.3 Å². The first-order chi connectivity index (χ1) is 7.43. The van der Waals surface area contributed by atoms with Crippen LogP contribution in [0, 0.1) is 0 Å². The molecule has 0 saturated heterocycles. The van der Waals surface area contributed by atoms with E-state index in [1.54, 1.807) is 0 Å². The third kappa shape index (κ3) is 1.40. The molecule has 0 aromatic carbocycles. The molecule has 2 rings (SSSR count). The number of allylic oxidation sites excluding steroid dienone is 8. The minimum Gasteiger partial charge on any atom is -0.211 e. The molecule has 0 aliphatic heterocycles. The molecule has 0 N–H and O–H groups in total. The Morgan fingerprint density at radius 3 is 1.12 bits per heavy atom. The molecule has 6 heteroatoms. The van der Waals surface area contributed by atoms with Crippen LogP contribution in [0.1, 0.15) is 12.8 Å². The molecule has 0 fully saturated rings. The average molecular weight is 238 g/mol. The smallest absolute Gasteiger partial charge is 0.165 e. The quantitative estimate of drug-likeness (QED) is 0.543. The second-order valence-electron chi connectivity index (χ2n) is 3.35. The van der Waals surface area contributed by atoms with Gasteiger partial charge in [-0.1, -0.05) is 0 Å². The summed E-state index contributed by atoms with van der Waals surface area (Å²) in [6.07, 6.45) is -2.25. The molecule has 0 radical (unpaired) electrons. The van der Waals surface area contributed by atoms with Gasteiger partial charge in [0.2, 0.25) is 0 Å². The van der Waals surface area contributed by atoms with Crippen LogP contribution in [0.25, 0.3) is 0 Å². The van der Waals surface area contributed by atoms with Gasteiger partial charge in [-0.15, -0.1) is 0 Å². The highest BCUT2D eigenvalue weighted by atomic mass is 19.2. The monoisotopic (exact) mass is 238 g/mol. The summed E-state index contributed by atoms with van der Waals surface area (Å²) in [4.78, 5) is 0. The molecule has 0 unspecified atom stereocenters. The van der Waals surface area contributed by atoms with Crippen molar-refractivity contribution in [2.24, 2.45) is 0 Å². The molecule has 0 aromatic heterocycles. The van der Waals surface area contributed by atoms with E-state index >= 15 is 0 Å². The largest absolute Gasteiger partial charge is 0.211 e. The third-order valence-corrected chi connectivity index (χ3v) is 2.33. The van der Waals surface area contributed by atoms with Crippen LogP contribution in [0.3, 0.4) is 0 Å². The van der Waals surface area contributed by atoms with Crippen molar-refractivity contribution in [3.63, 3.8) is 0 Å². The molecule has 2 aliphatic carbocycles. The van der Waals surface area contributed by atoms with Crippen LogP contribution in [0.2, 0.25) is 0 Å². The summed E-state index contributed by atoms with van der Waals surface area (Å²) in [5.41, 5.74) is -2.31. The first-order valence-electron chi connectivity index (χ1n) is 4.30. The summed E-state index contributed by atoms with van der Waals surface area (Å²) in [5, 5.41) is 0. The molecule has 0 saturated carbocycles. The van der Waals surface area contributed by atoms with E-state index in [0.29, 0.717) is 0 Å². The lowest BCUT2D eigenvalue weighted by atomic mass is 9.90. The first kappa shape index (κ1) is 11.0. The maximum Gasteiger partial charge on any atom is 0.165 e.